The molecule has 58 valence electrons. The van der Waals surface area contributed by atoms with Crippen LogP contribution >= 0.6 is 0 Å². The standard InChI is InChI=1S/C8H14O2/c1-4-7-5(2)6(3)8(9)10-7/h5-7H,4H2,1-3H3. The molecule has 0 saturated carbocycles. The zero-order chi connectivity index (χ0) is 7.72. The molecule has 2 nitrogen and oxygen atoms in total. The molecule has 0 spiro atoms. The van der Waals surface area contributed by atoms with E-state index in [1.165, 1.54) is 0 Å². The predicted octanol–water partition coefficient (Wildman–Crippen LogP) is 1.59. The first-order valence-electron chi connectivity index (χ1n) is 3.87. The van der Waals surface area contributed by atoms with Crippen molar-refractivity contribution in [3.8, 4) is 0 Å². The average molecular weight is 142 g/mol. The van der Waals surface area contributed by atoms with Crippen LogP contribution in [-0.2, 0) is 9.53 Å². The van der Waals surface area contributed by atoms with Gasteiger partial charge in [0.2, 0.25) is 0 Å². The summed E-state index contributed by atoms with van der Waals surface area (Å²) >= 11 is 0. The maximum absolute atomic E-state index is 10.9. The van der Waals surface area contributed by atoms with Gasteiger partial charge in [0.15, 0.2) is 0 Å². The Balaban J connectivity index is 2.61. The molecule has 1 aliphatic heterocycles. The number of cyclic esters (lactones) is 1. The van der Waals surface area contributed by atoms with Crippen molar-refractivity contribution < 1.29 is 9.53 Å². The lowest BCUT2D eigenvalue weighted by Gasteiger charge is -2.10. The average Bonchev–Trinajstić information content (AvgIpc) is 2.17. The SMILES string of the molecule is CCC1OC(=O)C(C)C1C. The minimum absolute atomic E-state index is 0.0284. The lowest BCUT2D eigenvalue weighted by Crippen LogP contribution is -2.14. The molecule has 1 saturated heterocycles. The quantitative estimate of drug-likeness (QED) is 0.520. The second-order valence-corrected chi connectivity index (χ2v) is 3.03. The summed E-state index contributed by atoms with van der Waals surface area (Å²) in [6.45, 7) is 6.05. The molecule has 1 fully saturated rings. The number of carbonyl (C=O) groups excluding carboxylic acids is 1. The molecule has 0 radical (unpaired) electrons. The summed E-state index contributed by atoms with van der Waals surface area (Å²) in [5.74, 6) is 0.474. The zero-order valence-corrected chi connectivity index (χ0v) is 6.76. The Morgan fingerprint density at radius 1 is 1.50 bits per heavy atom. The highest BCUT2D eigenvalue weighted by atomic mass is 16.6. The Hall–Kier alpha value is -0.530. The molecule has 1 aliphatic rings. The van der Waals surface area contributed by atoms with Gasteiger partial charge in [-0.2, -0.15) is 0 Å². The third-order valence-electron chi connectivity index (χ3n) is 2.42. The van der Waals surface area contributed by atoms with Gasteiger partial charge in [-0.05, 0) is 6.42 Å². The van der Waals surface area contributed by atoms with Crippen molar-refractivity contribution in [2.24, 2.45) is 11.8 Å². The minimum Gasteiger partial charge on any atom is -0.462 e. The molecule has 0 aromatic rings. The molecule has 0 aromatic carbocycles. The van der Waals surface area contributed by atoms with E-state index in [2.05, 4.69) is 6.92 Å². The van der Waals surface area contributed by atoms with Crippen LogP contribution in [0.1, 0.15) is 27.2 Å². The molecule has 3 unspecified atom stereocenters. The van der Waals surface area contributed by atoms with Crippen LogP contribution in [0.2, 0.25) is 0 Å². The second-order valence-electron chi connectivity index (χ2n) is 3.03. The van der Waals surface area contributed by atoms with Gasteiger partial charge in [-0.1, -0.05) is 20.8 Å². The molecule has 0 aromatic heterocycles. The van der Waals surface area contributed by atoms with E-state index in [0.717, 1.165) is 6.42 Å². The summed E-state index contributed by atoms with van der Waals surface area (Å²) < 4.78 is 5.10. The highest BCUT2D eigenvalue weighted by molar-refractivity contribution is 5.74. The highest BCUT2D eigenvalue weighted by Gasteiger charge is 2.37. The van der Waals surface area contributed by atoms with Crippen molar-refractivity contribution in [2.45, 2.75) is 33.3 Å². The Kier molecular flexibility index (Phi) is 1.97. The van der Waals surface area contributed by atoms with E-state index >= 15 is 0 Å². The van der Waals surface area contributed by atoms with E-state index < -0.39 is 0 Å². The maximum Gasteiger partial charge on any atom is 0.309 e. The van der Waals surface area contributed by atoms with Crippen molar-refractivity contribution >= 4 is 5.97 Å². The molecular formula is C8H14O2. The second kappa shape index (κ2) is 2.60. The number of hydrogen-bond donors (Lipinski definition) is 0. The van der Waals surface area contributed by atoms with Crippen molar-refractivity contribution in [2.75, 3.05) is 0 Å². The van der Waals surface area contributed by atoms with Crippen LogP contribution < -0.4 is 0 Å². The van der Waals surface area contributed by atoms with Crippen LogP contribution in [0.4, 0.5) is 0 Å². The van der Waals surface area contributed by atoms with E-state index in [4.69, 9.17) is 4.74 Å². The minimum atomic E-state index is -0.0284. The summed E-state index contributed by atoms with van der Waals surface area (Å²) in [5.41, 5.74) is 0. The maximum atomic E-state index is 10.9. The third kappa shape index (κ3) is 1.02. The van der Waals surface area contributed by atoms with E-state index in [0.29, 0.717) is 5.92 Å². The van der Waals surface area contributed by atoms with Gasteiger partial charge in [0.25, 0.3) is 0 Å². The summed E-state index contributed by atoms with van der Waals surface area (Å²) in [7, 11) is 0. The van der Waals surface area contributed by atoms with Gasteiger partial charge in [-0.3, -0.25) is 4.79 Å². The topological polar surface area (TPSA) is 26.3 Å². The number of esters is 1. The van der Waals surface area contributed by atoms with E-state index in [1.54, 1.807) is 0 Å². The van der Waals surface area contributed by atoms with E-state index in [1.807, 2.05) is 13.8 Å². The normalized spacial score (nSPS) is 39.9. The first-order chi connectivity index (χ1) is 4.66. The van der Waals surface area contributed by atoms with Crippen molar-refractivity contribution in [1.82, 2.24) is 0 Å². The lowest BCUT2D eigenvalue weighted by molar-refractivity contribution is -0.144. The molecular weight excluding hydrogens is 128 g/mol. The van der Waals surface area contributed by atoms with Crippen LogP contribution in [0.25, 0.3) is 0 Å². The molecule has 1 rings (SSSR count). The summed E-state index contributed by atoms with van der Waals surface area (Å²) in [6.07, 6.45) is 1.11. The summed E-state index contributed by atoms with van der Waals surface area (Å²) in [5, 5.41) is 0. The van der Waals surface area contributed by atoms with Gasteiger partial charge >= 0.3 is 5.97 Å². The Bertz CT molecular complexity index is 142. The fraction of sp³-hybridized carbons (Fsp3) is 0.875. The van der Waals surface area contributed by atoms with Crippen LogP contribution in [0.5, 0.6) is 0 Å². The van der Waals surface area contributed by atoms with Gasteiger partial charge in [-0.25, -0.2) is 0 Å². The molecule has 3 atom stereocenters. The van der Waals surface area contributed by atoms with Gasteiger partial charge in [0, 0.05) is 5.92 Å². The first-order valence-corrected chi connectivity index (χ1v) is 3.87. The van der Waals surface area contributed by atoms with Gasteiger partial charge < -0.3 is 4.74 Å². The summed E-state index contributed by atoms with van der Waals surface area (Å²) in [6, 6.07) is 0. The van der Waals surface area contributed by atoms with E-state index in [-0.39, 0.29) is 18.0 Å². The molecule has 0 bridgehead atoms. The smallest absolute Gasteiger partial charge is 0.309 e. The molecule has 0 aliphatic carbocycles. The zero-order valence-electron chi connectivity index (χ0n) is 6.76. The molecule has 0 N–H and O–H groups in total. The van der Waals surface area contributed by atoms with Crippen LogP contribution in [0.3, 0.4) is 0 Å². The number of carbonyl (C=O) groups is 1. The van der Waals surface area contributed by atoms with Crippen LogP contribution in [0.15, 0.2) is 0 Å². The van der Waals surface area contributed by atoms with Gasteiger partial charge in [0.05, 0.1) is 5.92 Å². The Morgan fingerprint density at radius 2 is 2.10 bits per heavy atom. The molecule has 10 heavy (non-hydrogen) atoms. The van der Waals surface area contributed by atoms with Crippen molar-refractivity contribution in [1.29, 1.82) is 0 Å². The van der Waals surface area contributed by atoms with Crippen LogP contribution in [-0.4, -0.2) is 12.1 Å². The largest absolute Gasteiger partial charge is 0.462 e. The molecule has 2 heteroatoms. The number of ether oxygens (including phenoxy) is 1. The van der Waals surface area contributed by atoms with Gasteiger partial charge in [0.1, 0.15) is 6.10 Å². The van der Waals surface area contributed by atoms with Crippen molar-refractivity contribution in [3.05, 3.63) is 0 Å². The predicted molar refractivity (Wildman–Crippen MR) is 38.5 cm³/mol. The van der Waals surface area contributed by atoms with Gasteiger partial charge in [-0.15, -0.1) is 0 Å². The third-order valence-corrected chi connectivity index (χ3v) is 2.42. The van der Waals surface area contributed by atoms with E-state index in [9.17, 15) is 4.79 Å². The van der Waals surface area contributed by atoms with Crippen molar-refractivity contribution in [3.63, 3.8) is 0 Å². The first kappa shape index (κ1) is 7.58. The molecule has 1 heterocycles. The number of rotatable bonds is 1. The number of hydrogen-bond acceptors (Lipinski definition) is 2. The monoisotopic (exact) mass is 142 g/mol. The highest BCUT2D eigenvalue weighted by Crippen LogP contribution is 2.28. The summed E-state index contributed by atoms with van der Waals surface area (Å²) in [4.78, 5) is 10.9. The lowest BCUT2D eigenvalue weighted by atomic mass is 9.93. The Labute approximate surface area is 61.6 Å². The molecule has 0 amide bonds. The Morgan fingerprint density at radius 3 is 2.30 bits per heavy atom. The fourth-order valence-corrected chi connectivity index (χ4v) is 1.36. The fourth-order valence-electron chi connectivity index (χ4n) is 1.36. The van der Waals surface area contributed by atoms with Crippen LogP contribution in [0, 0.1) is 11.8 Å².